The maximum absolute atomic E-state index is 12.6. The van der Waals surface area contributed by atoms with Gasteiger partial charge in [0.25, 0.3) is 0 Å². The van der Waals surface area contributed by atoms with Gasteiger partial charge in [-0.15, -0.1) is 10.2 Å². The van der Waals surface area contributed by atoms with Crippen LogP contribution in [0.1, 0.15) is 0 Å². The second kappa shape index (κ2) is 9.16. The summed E-state index contributed by atoms with van der Waals surface area (Å²) in [5.74, 6) is 1.54. The van der Waals surface area contributed by atoms with Crippen molar-refractivity contribution in [2.24, 2.45) is 0 Å². The lowest BCUT2D eigenvalue weighted by molar-refractivity contribution is 0.208. The van der Waals surface area contributed by atoms with Gasteiger partial charge in [0, 0.05) is 43.5 Å². The number of amides is 2. The third-order valence-electron chi connectivity index (χ3n) is 5.91. The molecule has 5 rings (SSSR count). The van der Waals surface area contributed by atoms with Crippen molar-refractivity contribution in [3.05, 3.63) is 78.9 Å². The number of rotatable bonds is 4. The number of urea groups is 1. The minimum absolute atomic E-state index is 0.111. The zero-order valence-corrected chi connectivity index (χ0v) is 18.4. The van der Waals surface area contributed by atoms with Crippen LogP contribution in [0.2, 0.25) is 0 Å². The van der Waals surface area contributed by atoms with E-state index in [1.807, 2.05) is 47.4 Å². The van der Waals surface area contributed by atoms with E-state index in [1.54, 1.807) is 13.2 Å². The molecule has 33 heavy (non-hydrogen) atoms. The molecule has 3 aromatic carbocycles. The number of hydrogen-bond donors (Lipinski definition) is 1. The Kier molecular flexibility index (Phi) is 5.76. The molecule has 1 aromatic heterocycles. The molecule has 0 spiro atoms. The fraction of sp³-hybridized carbons (Fsp3) is 0.192. The van der Waals surface area contributed by atoms with E-state index in [2.05, 4.69) is 50.7 Å². The van der Waals surface area contributed by atoms with Crippen molar-refractivity contribution < 1.29 is 9.53 Å². The molecule has 7 heteroatoms. The fourth-order valence-electron chi connectivity index (χ4n) is 4.04. The van der Waals surface area contributed by atoms with Gasteiger partial charge in [0.15, 0.2) is 5.82 Å². The molecule has 0 radical (unpaired) electrons. The molecule has 166 valence electrons. The number of ether oxygens (including phenoxy) is 1. The maximum atomic E-state index is 12.6. The Morgan fingerprint density at radius 1 is 0.848 bits per heavy atom. The van der Waals surface area contributed by atoms with Gasteiger partial charge in [0.1, 0.15) is 5.75 Å². The van der Waals surface area contributed by atoms with E-state index in [-0.39, 0.29) is 6.03 Å². The van der Waals surface area contributed by atoms with Gasteiger partial charge in [-0.1, -0.05) is 42.5 Å². The van der Waals surface area contributed by atoms with E-state index >= 15 is 0 Å². The average Bonchev–Trinajstić information content (AvgIpc) is 2.88. The molecule has 7 nitrogen and oxygen atoms in total. The third-order valence-corrected chi connectivity index (χ3v) is 5.91. The normalized spacial score (nSPS) is 13.7. The molecular formula is C26H25N5O2. The van der Waals surface area contributed by atoms with Crippen LogP contribution in [0.25, 0.3) is 22.0 Å². The van der Waals surface area contributed by atoms with Gasteiger partial charge < -0.3 is 19.9 Å². The average molecular weight is 440 g/mol. The first-order chi connectivity index (χ1) is 16.2. The summed E-state index contributed by atoms with van der Waals surface area (Å²) in [5.41, 5.74) is 2.62. The lowest BCUT2D eigenvalue weighted by atomic mass is 10.1. The van der Waals surface area contributed by atoms with Crippen LogP contribution in [-0.4, -0.2) is 54.4 Å². The molecule has 1 N–H and O–H groups in total. The minimum Gasteiger partial charge on any atom is -0.497 e. The summed E-state index contributed by atoms with van der Waals surface area (Å²) >= 11 is 0. The van der Waals surface area contributed by atoms with Crippen LogP contribution < -0.4 is 15.0 Å². The van der Waals surface area contributed by atoms with Gasteiger partial charge in [-0.2, -0.15) is 0 Å². The van der Waals surface area contributed by atoms with E-state index < -0.39 is 0 Å². The second-order valence-electron chi connectivity index (χ2n) is 7.97. The van der Waals surface area contributed by atoms with Crippen molar-refractivity contribution in [3.8, 4) is 17.0 Å². The number of nitrogens with one attached hydrogen (secondary N) is 1. The number of anilines is 2. The Balaban J connectivity index is 1.20. The SMILES string of the molecule is COc1cccc(NC(=O)N2CCN(c3ccc(-c4ccc5ccccc5c4)nn3)CC2)c1. The molecule has 4 aromatic rings. The van der Waals surface area contributed by atoms with Crippen LogP contribution in [0.5, 0.6) is 5.75 Å². The summed E-state index contributed by atoms with van der Waals surface area (Å²) in [6.07, 6.45) is 0. The van der Waals surface area contributed by atoms with Crippen LogP contribution in [0.15, 0.2) is 78.9 Å². The molecule has 2 amide bonds. The minimum atomic E-state index is -0.111. The van der Waals surface area contributed by atoms with Crippen molar-refractivity contribution >= 4 is 28.3 Å². The topological polar surface area (TPSA) is 70.6 Å². The predicted molar refractivity (Wildman–Crippen MR) is 131 cm³/mol. The third kappa shape index (κ3) is 4.57. The first-order valence-corrected chi connectivity index (χ1v) is 11.0. The molecule has 1 aliphatic rings. The number of nitrogens with zero attached hydrogens (tertiary/aromatic N) is 4. The van der Waals surface area contributed by atoms with Crippen molar-refractivity contribution in [2.75, 3.05) is 43.5 Å². The lowest BCUT2D eigenvalue weighted by Gasteiger charge is -2.35. The molecule has 2 heterocycles. The smallest absolute Gasteiger partial charge is 0.321 e. The van der Waals surface area contributed by atoms with Gasteiger partial charge in [0.05, 0.1) is 12.8 Å². The first kappa shape index (κ1) is 20.8. The zero-order chi connectivity index (χ0) is 22.6. The number of carbonyl (C=O) groups is 1. The standard InChI is InChI=1S/C26H25N5O2/c1-33-23-8-4-7-22(18-23)27-26(32)31-15-13-30(14-16-31)25-12-11-24(28-29-25)21-10-9-19-5-2-3-6-20(19)17-21/h2-12,17-18H,13-16H2,1H3,(H,27,32). The maximum Gasteiger partial charge on any atom is 0.321 e. The van der Waals surface area contributed by atoms with Crippen molar-refractivity contribution in [1.82, 2.24) is 15.1 Å². The number of methoxy groups -OCH3 is 1. The Morgan fingerprint density at radius 3 is 2.42 bits per heavy atom. The van der Waals surface area contributed by atoms with Crippen molar-refractivity contribution in [1.29, 1.82) is 0 Å². The van der Waals surface area contributed by atoms with E-state index in [0.717, 1.165) is 22.8 Å². The van der Waals surface area contributed by atoms with Crippen LogP contribution in [0.4, 0.5) is 16.3 Å². The second-order valence-corrected chi connectivity index (χ2v) is 7.97. The number of benzene rings is 3. The number of hydrogen-bond acceptors (Lipinski definition) is 5. The zero-order valence-electron chi connectivity index (χ0n) is 18.4. The summed E-state index contributed by atoms with van der Waals surface area (Å²) in [6.45, 7) is 2.64. The molecule has 1 aliphatic heterocycles. The molecule has 0 atom stereocenters. The lowest BCUT2D eigenvalue weighted by Crippen LogP contribution is -2.50. The van der Waals surface area contributed by atoms with Crippen LogP contribution in [-0.2, 0) is 0 Å². The van der Waals surface area contributed by atoms with Gasteiger partial charge in [-0.3, -0.25) is 0 Å². The van der Waals surface area contributed by atoms with Crippen LogP contribution in [0, 0.1) is 0 Å². The van der Waals surface area contributed by atoms with Gasteiger partial charge >= 0.3 is 6.03 Å². The number of fused-ring (bicyclic) bond motifs is 1. The van der Waals surface area contributed by atoms with Gasteiger partial charge in [0.2, 0.25) is 0 Å². The van der Waals surface area contributed by atoms with E-state index in [0.29, 0.717) is 31.9 Å². The first-order valence-electron chi connectivity index (χ1n) is 11.0. The molecule has 1 saturated heterocycles. The molecule has 0 saturated carbocycles. The quantitative estimate of drug-likeness (QED) is 0.501. The van der Waals surface area contributed by atoms with Gasteiger partial charge in [-0.05, 0) is 41.1 Å². The van der Waals surface area contributed by atoms with E-state index in [4.69, 9.17) is 4.74 Å². The Bertz CT molecular complexity index is 1270. The highest BCUT2D eigenvalue weighted by molar-refractivity contribution is 5.90. The number of carbonyl (C=O) groups excluding carboxylic acids is 1. The highest BCUT2D eigenvalue weighted by Crippen LogP contribution is 2.24. The number of aromatic nitrogens is 2. The monoisotopic (exact) mass is 439 g/mol. The number of piperazine rings is 1. The summed E-state index contributed by atoms with van der Waals surface area (Å²) in [5, 5.41) is 14.3. The molecule has 0 bridgehead atoms. The molecule has 0 aliphatic carbocycles. The largest absolute Gasteiger partial charge is 0.497 e. The predicted octanol–water partition coefficient (Wildman–Crippen LogP) is 4.66. The molecule has 0 unspecified atom stereocenters. The summed E-state index contributed by atoms with van der Waals surface area (Å²) in [7, 11) is 1.61. The molecule has 1 fully saturated rings. The van der Waals surface area contributed by atoms with E-state index in [9.17, 15) is 4.79 Å². The highest BCUT2D eigenvalue weighted by atomic mass is 16.5. The Labute approximate surface area is 192 Å². The summed E-state index contributed by atoms with van der Waals surface area (Å²) < 4.78 is 5.22. The summed E-state index contributed by atoms with van der Waals surface area (Å²) in [4.78, 5) is 16.6. The fourth-order valence-corrected chi connectivity index (χ4v) is 4.04. The summed E-state index contributed by atoms with van der Waals surface area (Å²) in [6, 6.07) is 25.9. The van der Waals surface area contributed by atoms with Gasteiger partial charge in [-0.25, -0.2) is 4.79 Å². The van der Waals surface area contributed by atoms with Crippen LogP contribution >= 0.6 is 0 Å². The van der Waals surface area contributed by atoms with E-state index in [1.165, 1.54) is 10.8 Å². The van der Waals surface area contributed by atoms with Crippen molar-refractivity contribution in [2.45, 2.75) is 0 Å². The highest BCUT2D eigenvalue weighted by Gasteiger charge is 2.22. The molecular weight excluding hydrogens is 414 g/mol. The van der Waals surface area contributed by atoms with Crippen molar-refractivity contribution in [3.63, 3.8) is 0 Å². The van der Waals surface area contributed by atoms with Crippen LogP contribution in [0.3, 0.4) is 0 Å². The Hall–Kier alpha value is -4.13. The Morgan fingerprint density at radius 2 is 1.67 bits per heavy atom.